The molecular formula is C16H12ClF3N4O2. The first-order valence-corrected chi connectivity index (χ1v) is 7.79. The van der Waals surface area contributed by atoms with Crippen molar-refractivity contribution in [2.75, 3.05) is 24.1 Å². The fourth-order valence-electron chi connectivity index (χ4n) is 2.57. The monoisotopic (exact) mass is 384 g/mol. The van der Waals surface area contributed by atoms with E-state index in [0.717, 1.165) is 11.0 Å². The van der Waals surface area contributed by atoms with E-state index in [2.05, 4.69) is 10.3 Å². The fourth-order valence-corrected chi connectivity index (χ4v) is 2.81. The summed E-state index contributed by atoms with van der Waals surface area (Å²) in [5.41, 5.74) is 5.36. The van der Waals surface area contributed by atoms with Crippen LogP contribution in [0.5, 0.6) is 0 Å². The van der Waals surface area contributed by atoms with Gasteiger partial charge in [-0.3, -0.25) is 14.5 Å². The van der Waals surface area contributed by atoms with Crippen LogP contribution in [0.4, 0.5) is 24.7 Å². The van der Waals surface area contributed by atoms with Crippen LogP contribution in [0, 0.1) is 0 Å². The highest BCUT2D eigenvalue weighted by atomic mass is 35.5. The van der Waals surface area contributed by atoms with Crippen molar-refractivity contribution >= 4 is 34.9 Å². The molecule has 2 heterocycles. The molecule has 3 rings (SSSR count). The second kappa shape index (κ2) is 6.49. The van der Waals surface area contributed by atoms with Crippen LogP contribution >= 0.6 is 11.6 Å². The van der Waals surface area contributed by atoms with Gasteiger partial charge in [-0.25, -0.2) is 4.98 Å². The highest BCUT2D eigenvalue weighted by Crippen LogP contribution is 2.32. The standard InChI is InChI=1S/C16H12ClF3N4O2/c17-10-6-8(16(18,19)20)7-23-13(10)22-4-5-24-14(25)9-2-1-3-11(21)12(9)15(24)26/h1-3,6-7H,4-5,21H2,(H,22,23). The van der Waals surface area contributed by atoms with Gasteiger partial charge in [0.25, 0.3) is 11.8 Å². The maximum absolute atomic E-state index is 12.6. The first kappa shape index (κ1) is 18.0. The molecule has 0 fully saturated rings. The molecular weight excluding hydrogens is 373 g/mol. The third kappa shape index (κ3) is 3.17. The molecule has 0 spiro atoms. The summed E-state index contributed by atoms with van der Waals surface area (Å²) in [7, 11) is 0. The molecule has 1 aliphatic rings. The Labute approximate surface area is 150 Å². The number of imide groups is 1. The number of alkyl halides is 3. The maximum atomic E-state index is 12.6. The molecule has 0 atom stereocenters. The molecule has 0 unspecified atom stereocenters. The van der Waals surface area contributed by atoms with Crippen molar-refractivity contribution in [1.82, 2.24) is 9.88 Å². The Balaban J connectivity index is 1.67. The molecule has 0 bridgehead atoms. The third-order valence-corrected chi connectivity index (χ3v) is 4.12. The van der Waals surface area contributed by atoms with Crippen molar-refractivity contribution in [2.24, 2.45) is 0 Å². The summed E-state index contributed by atoms with van der Waals surface area (Å²) < 4.78 is 37.8. The zero-order chi connectivity index (χ0) is 19.1. The molecule has 6 nitrogen and oxygen atoms in total. The minimum absolute atomic E-state index is 0.0230. The lowest BCUT2D eigenvalue weighted by molar-refractivity contribution is -0.137. The maximum Gasteiger partial charge on any atom is 0.417 e. The quantitative estimate of drug-likeness (QED) is 0.625. The van der Waals surface area contributed by atoms with E-state index in [1.54, 1.807) is 6.07 Å². The van der Waals surface area contributed by atoms with E-state index in [1.165, 1.54) is 12.1 Å². The Bertz CT molecular complexity index is 902. The third-order valence-electron chi connectivity index (χ3n) is 3.83. The van der Waals surface area contributed by atoms with Crippen LogP contribution in [0.1, 0.15) is 26.3 Å². The molecule has 1 aromatic heterocycles. The fraction of sp³-hybridized carbons (Fsp3) is 0.188. The zero-order valence-electron chi connectivity index (χ0n) is 13.1. The van der Waals surface area contributed by atoms with Crippen molar-refractivity contribution in [3.63, 3.8) is 0 Å². The molecule has 1 aliphatic heterocycles. The molecule has 0 saturated carbocycles. The number of pyridine rings is 1. The number of carbonyl (C=O) groups excluding carboxylic acids is 2. The van der Waals surface area contributed by atoms with Gasteiger partial charge in [0, 0.05) is 25.0 Å². The van der Waals surface area contributed by atoms with Gasteiger partial charge in [0.1, 0.15) is 5.82 Å². The number of nitrogens with two attached hydrogens (primary N) is 1. The van der Waals surface area contributed by atoms with E-state index in [-0.39, 0.29) is 40.7 Å². The second-order valence-corrected chi connectivity index (χ2v) is 5.92. The number of hydrogen-bond donors (Lipinski definition) is 2. The van der Waals surface area contributed by atoms with Gasteiger partial charge in [-0.05, 0) is 18.2 Å². The van der Waals surface area contributed by atoms with Crippen molar-refractivity contribution in [2.45, 2.75) is 6.18 Å². The van der Waals surface area contributed by atoms with Crippen LogP contribution in [-0.4, -0.2) is 34.8 Å². The topological polar surface area (TPSA) is 88.3 Å². The Morgan fingerprint density at radius 3 is 2.58 bits per heavy atom. The number of anilines is 2. The van der Waals surface area contributed by atoms with E-state index >= 15 is 0 Å². The molecule has 26 heavy (non-hydrogen) atoms. The molecule has 0 saturated heterocycles. The van der Waals surface area contributed by atoms with Crippen LogP contribution < -0.4 is 11.1 Å². The lowest BCUT2D eigenvalue weighted by Gasteiger charge is -2.15. The lowest BCUT2D eigenvalue weighted by atomic mass is 10.1. The summed E-state index contributed by atoms with van der Waals surface area (Å²) in [6, 6.07) is 5.36. The summed E-state index contributed by atoms with van der Waals surface area (Å²) in [4.78, 5) is 29.2. The van der Waals surface area contributed by atoms with Crippen LogP contribution in [0.2, 0.25) is 5.02 Å². The summed E-state index contributed by atoms with van der Waals surface area (Å²) in [6.07, 6.45) is -3.90. The van der Waals surface area contributed by atoms with Crippen molar-refractivity contribution in [3.8, 4) is 0 Å². The lowest BCUT2D eigenvalue weighted by Crippen LogP contribution is -2.34. The van der Waals surface area contributed by atoms with Gasteiger partial charge in [0.15, 0.2) is 0 Å². The Kier molecular flexibility index (Phi) is 4.49. The molecule has 2 amide bonds. The Morgan fingerprint density at radius 2 is 1.96 bits per heavy atom. The summed E-state index contributed by atoms with van der Waals surface area (Å²) in [5, 5.41) is 2.50. The van der Waals surface area contributed by atoms with Crippen LogP contribution in [0.25, 0.3) is 0 Å². The van der Waals surface area contributed by atoms with E-state index in [4.69, 9.17) is 17.3 Å². The number of nitrogens with zero attached hydrogens (tertiary/aromatic N) is 2. The number of aromatic nitrogens is 1. The molecule has 10 heteroatoms. The number of hydrogen-bond acceptors (Lipinski definition) is 5. The van der Waals surface area contributed by atoms with Crippen LogP contribution in [0.15, 0.2) is 30.5 Å². The van der Waals surface area contributed by atoms with Crippen molar-refractivity contribution in [3.05, 3.63) is 52.2 Å². The van der Waals surface area contributed by atoms with Crippen molar-refractivity contribution < 1.29 is 22.8 Å². The Hall–Kier alpha value is -2.81. The molecule has 1 aromatic carbocycles. The van der Waals surface area contributed by atoms with Gasteiger partial charge < -0.3 is 11.1 Å². The van der Waals surface area contributed by atoms with Gasteiger partial charge in [-0.1, -0.05) is 17.7 Å². The second-order valence-electron chi connectivity index (χ2n) is 5.51. The number of fused-ring (bicyclic) bond motifs is 1. The first-order chi connectivity index (χ1) is 12.2. The van der Waals surface area contributed by atoms with Crippen LogP contribution in [0.3, 0.4) is 0 Å². The van der Waals surface area contributed by atoms with Crippen molar-refractivity contribution in [1.29, 1.82) is 0 Å². The number of benzene rings is 1. The summed E-state index contributed by atoms with van der Waals surface area (Å²) in [6.45, 7) is 0.0360. The molecule has 2 aromatic rings. The van der Waals surface area contributed by atoms with E-state index in [0.29, 0.717) is 6.20 Å². The van der Waals surface area contributed by atoms with Gasteiger partial charge in [-0.15, -0.1) is 0 Å². The number of nitrogen functional groups attached to an aromatic ring is 1. The average molecular weight is 385 g/mol. The predicted octanol–water partition coefficient (Wildman–Crippen LogP) is 3.04. The number of halogens is 4. The highest BCUT2D eigenvalue weighted by molar-refractivity contribution is 6.33. The summed E-state index contributed by atoms with van der Waals surface area (Å²) >= 11 is 5.79. The van der Waals surface area contributed by atoms with Gasteiger partial charge in [0.2, 0.25) is 0 Å². The summed E-state index contributed by atoms with van der Waals surface area (Å²) in [5.74, 6) is -0.974. The van der Waals surface area contributed by atoms with Gasteiger partial charge in [-0.2, -0.15) is 13.2 Å². The van der Waals surface area contributed by atoms with E-state index < -0.39 is 23.6 Å². The number of carbonyl (C=O) groups is 2. The first-order valence-electron chi connectivity index (χ1n) is 7.41. The number of nitrogens with one attached hydrogen (secondary N) is 1. The smallest absolute Gasteiger partial charge is 0.398 e. The zero-order valence-corrected chi connectivity index (χ0v) is 13.9. The minimum atomic E-state index is -4.55. The number of rotatable bonds is 4. The SMILES string of the molecule is Nc1cccc2c1C(=O)N(CCNc1ncc(C(F)(F)F)cc1Cl)C2=O. The van der Waals surface area contributed by atoms with Gasteiger partial charge in [0.05, 0.1) is 21.7 Å². The Morgan fingerprint density at radius 1 is 1.23 bits per heavy atom. The molecule has 0 radical (unpaired) electrons. The number of amides is 2. The van der Waals surface area contributed by atoms with Gasteiger partial charge >= 0.3 is 6.18 Å². The average Bonchev–Trinajstić information content (AvgIpc) is 2.81. The minimum Gasteiger partial charge on any atom is -0.398 e. The molecule has 3 N–H and O–H groups in total. The molecule has 136 valence electrons. The van der Waals surface area contributed by atoms with E-state index in [1.807, 2.05) is 0 Å². The molecule has 0 aliphatic carbocycles. The van der Waals surface area contributed by atoms with E-state index in [9.17, 15) is 22.8 Å². The van der Waals surface area contributed by atoms with Crippen LogP contribution in [-0.2, 0) is 6.18 Å². The normalized spacial score (nSPS) is 13.9. The predicted molar refractivity (Wildman–Crippen MR) is 89.0 cm³/mol. The highest BCUT2D eigenvalue weighted by Gasteiger charge is 2.36. The largest absolute Gasteiger partial charge is 0.417 e.